The average Bonchev–Trinajstić information content (AvgIpc) is 2.22. The van der Waals surface area contributed by atoms with Gasteiger partial charge in [0.15, 0.2) is 0 Å². The number of aromatic nitrogens is 1. The molecule has 1 aromatic rings. The first-order valence-electron chi connectivity index (χ1n) is 5.54. The zero-order valence-corrected chi connectivity index (χ0v) is 9.83. The maximum Gasteiger partial charge on any atom is 0.0701 e. The molecule has 0 aliphatic heterocycles. The largest absolute Gasteiger partial charge is 0.253 e. The van der Waals surface area contributed by atoms with Crippen LogP contribution in [0.1, 0.15) is 43.6 Å². The minimum atomic E-state index is 1.07. The molecular weight excluding hydrogens is 182 g/mol. The fourth-order valence-electron chi connectivity index (χ4n) is 1.40. The molecule has 0 N–H and O–H groups in total. The second-order valence-corrected chi connectivity index (χ2v) is 3.62. The number of hydrogen-bond acceptors (Lipinski definition) is 1. The van der Waals surface area contributed by atoms with Crippen molar-refractivity contribution in [2.24, 2.45) is 0 Å². The summed E-state index contributed by atoms with van der Waals surface area (Å²) in [5, 5.41) is 0. The summed E-state index contributed by atoms with van der Waals surface area (Å²) in [5.41, 5.74) is 3.33. The van der Waals surface area contributed by atoms with Gasteiger partial charge in [0.1, 0.15) is 0 Å². The van der Waals surface area contributed by atoms with E-state index in [2.05, 4.69) is 36.2 Å². The Labute approximate surface area is 92.6 Å². The van der Waals surface area contributed by atoms with Crippen molar-refractivity contribution in [1.82, 2.24) is 4.98 Å². The smallest absolute Gasteiger partial charge is 0.0701 e. The van der Waals surface area contributed by atoms with Crippen molar-refractivity contribution in [2.45, 2.75) is 33.6 Å². The Morgan fingerprint density at radius 2 is 2.07 bits per heavy atom. The minimum Gasteiger partial charge on any atom is -0.253 e. The van der Waals surface area contributed by atoms with Crippen LogP contribution in [0.15, 0.2) is 24.3 Å². The molecule has 1 heterocycles. The van der Waals surface area contributed by atoms with Crippen molar-refractivity contribution in [3.63, 3.8) is 0 Å². The van der Waals surface area contributed by atoms with Crippen molar-refractivity contribution in [2.75, 3.05) is 0 Å². The van der Waals surface area contributed by atoms with Crippen molar-refractivity contribution < 1.29 is 0 Å². The molecular formula is C14H19N. The van der Waals surface area contributed by atoms with Crippen LogP contribution in [0.25, 0.3) is 12.2 Å². The van der Waals surface area contributed by atoms with Crippen LogP contribution in [0.3, 0.4) is 0 Å². The Balaban J connectivity index is 2.96. The van der Waals surface area contributed by atoms with E-state index in [0.29, 0.717) is 0 Å². The van der Waals surface area contributed by atoms with Gasteiger partial charge in [-0.3, -0.25) is 4.98 Å². The van der Waals surface area contributed by atoms with Crippen LogP contribution in [-0.2, 0) is 0 Å². The van der Waals surface area contributed by atoms with Gasteiger partial charge >= 0.3 is 0 Å². The maximum atomic E-state index is 4.53. The highest BCUT2D eigenvalue weighted by Gasteiger charge is 1.97. The highest BCUT2D eigenvalue weighted by atomic mass is 14.7. The number of nitrogens with zero attached hydrogens (tertiary/aromatic N) is 1. The fraction of sp³-hybridized carbons (Fsp3) is 0.357. The Hall–Kier alpha value is -1.37. The average molecular weight is 201 g/mol. The van der Waals surface area contributed by atoms with Crippen LogP contribution in [0.4, 0.5) is 0 Å². The van der Waals surface area contributed by atoms with Crippen molar-refractivity contribution in [3.8, 4) is 0 Å². The molecule has 0 spiro atoms. The molecule has 0 unspecified atom stereocenters. The van der Waals surface area contributed by atoms with Gasteiger partial charge in [0.2, 0.25) is 0 Å². The molecule has 0 saturated heterocycles. The molecule has 1 nitrogen and oxygen atoms in total. The summed E-state index contributed by atoms with van der Waals surface area (Å²) in [6.07, 6.45) is 10.7. The van der Waals surface area contributed by atoms with Gasteiger partial charge in [-0.05, 0) is 38.0 Å². The molecule has 0 aromatic carbocycles. The van der Waals surface area contributed by atoms with Crippen molar-refractivity contribution in [3.05, 3.63) is 41.2 Å². The van der Waals surface area contributed by atoms with Crippen LogP contribution in [0, 0.1) is 6.92 Å². The number of aryl methyl sites for hydroxylation is 1. The van der Waals surface area contributed by atoms with Crippen molar-refractivity contribution in [1.29, 1.82) is 0 Å². The normalized spacial score (nSPS) is 11.7. The molecule has 80 valence electrons. The molecule has 0 amide bonds. The Morgan fingerprint density at radius 1 is 1.27 bits per heavy atom. The molecule has 1 aromatic heterocycles. The Bertz CT molecular complexity index is 362. The van der Waals surface area contributed by atoms with Gasteiger partial charge in [-0.1, -0.05) is 37.6 Å². The maximum absolute atomic E-state index is 4.53. The number of rotatable bonds is 4. The summed E-state index contributed by atoms with van der Waals surface area (Å²) in [6, 6.07) is 4.17. The Morgan fingerprint density at radius 3 is 2.73 bits per heavy atom. The molecule has 0 radical (unpaired) electrons. The van der Waals surface area contributed by atoms with Gasteiger partial charge in [0, 0.05) is 5.69 Å². The standard InChI is InChI=1S/C14H19N/c1-4-6-7-9-14-13(8-5-2)11-10-12(3)15-14/h5,7-11H,4,6H2,1-3H3/b8-5-,9-7-. The SMILES string of the molecule is C/C=C\c1ccc(C)nc1/C=C\CCC. The van der Waals surface area contributed by atoms with E-state index in [0.717, 1.165) is 17.8 Å². The molecule has 0 atom stereocenters. The first-order chi connectivity index (χ1) is 7.27. The lowest BCUT2D eigenvalue weighted by Gasteiger charge is -2.01. The zero-order valence-electron chi connectivity index (χ0n) is 9.83. The fourth-order valence-corrected chi connectivity index (χ4v) is 1.40. The quantitative estimate of drug-likeness (QED) is 0.710. The molecule has 0 aliphatic carbocycles. The first kappa shape index (κ1) is 11.7. The van der Waals surface area contributed by atoms with Crippen LogP contribution in [-0.4, -0.2) is 4.98 Å². The van der Waals surface area contributed by atoms with E-state index in [1.807, 2.05) is 26.0 Å². The second kappa shape index (κ2) is 6.18. The third kappa shape index (κ3) is 3.70. The molecule has 15 heavy (non-hydrogen) atoms. The summed E-state index contributed by atoms with van der Waals surface area (Å²) in [6.45, 7) is 6.23. The summed E-state index contributed by atoms with van der Waals surface area (Å²) in [7, 11) is 0. The molecule has 0 fully saturated rings. The predicted octanol–water partition coefficient (Wildman–Crippen LogP) is 4.24. The van der Waals surface area contributed by atoms with Gasteiger partial charge < -0.3 is 0 Å². The lowest BCUT2D eigenvalue weighted by Crippen LogP contribution is -1.89. The molecule has 1 rings (SSSR count). The number of pyridine rings is 1. The summed E-state index contributed by atoms with van der Waals surface area (Å²) < 4.78 is 0. The van der Waals surface area contributed by atoms with Crippen LogP contribution < -0.4 is 0 Å². The van der Waals surface area contributed by atoms with E-state index in [1.54, 1.807) is 0 Å². The highest BCUT2D eigenvalue weighted by molar-refractivity contribution is 5.62. The minimum absolute atomic E-state index is 1.07. The van der Waals surface area contributed by atoms with E-state index in [-0.39, 0.29) is 0 Å². The van der Waals surface area contributed by atoms with Crippen LogP contribution in [0.2, 0.25) is 0 Å². The third-order valence-corrected chi connectivity index (χ3v) is 2.17. The van der Waals surface area contributed by atoms with Crippen LogP contribution in [0.5, 0.6) is 0 Å². The summed E-state index contributed by atoms with van der Waals surface area (Å²) in [4.78, 5) is 4.53. The number of hydrogen-bond donors (Lipinski definition) is 0. The van der Waals surface area contributed by atoms with E-state index >= 15 is 0 Å². The van der Waals surface area contributed by atoms with Crippen molar-refractivity contribution >= 4 is 12.2 Å². The van der Waals surface area contributed by atoms with Gasteiger partial charge in [-0.25, -0.2) is 0 Å². The monoisotopic (exact) mass is 201 g/mol. The zero-order chi connectivity index (χ0) is 11.1. The van der Waals surface area contributed by atoms with E-state index < -0.39 is 0 Å². The van der Waals surface area contributed by atoms with E-state index in [1.165, 1.54) is 12.0 Å². The molecule has 0 bridgehead atoms. The first-order valence-corrected chi connectivity index (χ1v) is 5.54. The Kier molecular flexibility index (Phi) is 4.82. The number of unbranched alkanes of at least 4 members (excludes halogenated alkanes) is 1. The predicted molar refractivity (Wildman–Crippen MR) is 67.6 cm³/mol. The van der Waals surface area contributed by atoms with Gasteiger partial charge in [-0.2, -0.15) is 0 Å². The lowest BCUT2D eigenvalue weighted by molar-refractivity contribution is 0.961. The van der Waals surface area contributed by atoms with E-state index in [9.17, 15) is 0 Å². The number of allylic oxidation sites excluding steroid dienone is 2. The highest BCUT2D eigenvalue weighted by Crippen LogP contribution is 2.12. The molecule has 0 aliphatic rings. The molecule has 1 heteroatoms. The summed E-state index contributed by atoms with van der Waals surface area (Å²) >= 11 is 0. The topological polar surface area (TPSA) is 12.9 Å². The second-order valence-electron chi connectivity index (χ2n) is 3.62. The van der Waals surface area contributed by atoms with E-state index in [4.69, 9.17) is 0 Å². The third-order valence-electron chi connectivity index (χ3n) is 2.17. The van der Waals surface area contributed by atoms with Gasteiger partial charge in [0.25, 0.3) is 0 Å². The van der Waals surface area contributed by atoms with Gasteiger partial charge in [-0.15, -0.1) is 0 Å². The van der Waals surface area contributed by atoms with Gasteiger partial charge in [0.05, 0.1) is 5.69 Å². The van der Waals surface area contributed by atoms with Crippen LogP contribution >= 0.6 is 0 Å². The lowest BCUT2D eigenvalue weighted by atomic mass is 10.1. The molecule has 0 saturated carbocycles. The summed E-state index contributed by atoms with van der Waals surface area (Å²) in [5.74, 6) is 0.